The summed E-state index contributed by atoms with van der Waals surface area (Å²) < 4.78 is 61.5. The highest BCUT2D eigenvalue weighted by Gasteiger charge is 2.39. The van der Waals surface area contributed by atoms with Crippen LogP contribution in [0, 0.1) is 12.7 Å². The number of anilines is 1. The van der Waals surface area contributed by atoms with E-state index in [1.807, 2.05) is 0 Å². The Morgan fingerprint density at radius 1 is 1.18 bits per heavy atom. The minimum Gasteiger partial charge on any atom is -0.337 e. The molecule has 0 saturated carbocycles. The van der Waals surface area contributed by atoms with Crippen LogP contribution < -0.4 is 4.90 Å². The molecule has 12 heteroatoms. The largest absolute Gasteiger partial charge is 0.471 e. The summed E-state index contributed by atoms with van der Waals surface area (Å²) in [6, 6.07) is 3.01. The molecule has 1 aromatic carbocycles. The monoisotopic (exact) mass is 397 g/mol. The second kappa shape index (κ2) is 6.39. The first-order chi connectivity index (χ1) is 13.2. The number of nitrogens with zero attached hydrogens (tertiary/aromatic N) is 5. The summed E-state index contributed by atoms with van der Waals surface area (Å²) in [7, 11) is 0. The second-order valence-electron chi connectivity index (χ2n) is 6.08. The van der Waals surface area contributed by atoms with Crippen molar-refractivity contribution in [1.29, 1.82) is 0 Å². The van der Waals surface area contributed by atoms with Gasteiger partial charge in [0.25, 0.3) is 0 Å². The van der Waals surface area contributed by atoms with Crippen molar-refractivity contribution in [3.05, 3.63) is 41.6 Å². The van der Waals surface area contributed by atoms with Crippen molar-refractivity contribution in [2.24, 2.45) is 0 Å². The van der Waals surface area contributed by atoms with Crippen molar-refractivity contribution in [3.63, 3.8) is 0 Å². The van der Waals surface area contributed by atoms with E-state index >= 15 is 0 Å². The molecule has 0 unspecified atom stereocenters. The second-order valence-corrected chi connectivity index (χ2v) is 6.08. The molecule has 0 aliphatic carbocycles. The maximum Gasteiger partial charge on any atom is 0.471 e. The van der Waals surface area contributed by atoms with Crippen molar-refractivity contribution in [1.82, 2.24) is 20.3 Å². The van der Waals surface area contributed by atoms with Gasteiger partial charge in [0.05, 0.1) is 5.56 Å². The maximum absolute atomic E-state index is 14.6. The molecule has 0 N–H and O–H groups in total. The van der Waals surface area contributed by atoms with E-state index in [-0.39, 0.29) is 29.5 Å². The molecule has 1 amide bonds. The number of carbonyl (C=O) groups excluding carboxylic acids is 1. The normalized spacial score (nSPS) is 17.5. The maximum atomic E-state index is 14.6. The number of halogens is 4. The SMILES string of the molecule is Cc1noc([C@@H]2CCC(=O)N2c2ccc(-c3noc(C(F)(F)F)n3)c(F)c2)n1. The minimum absolute atomic E-state index is 0.198. The molecule has 0 radical (unpaired) electrons. The Hall–Kier alpha value is -3.31. The zero-order valence-electron chi connectivity index (χ0n) is 14.2. The zero-order valence-corrected chi connectivity index (χ0v) is 14.2. The first kappa shape index (κ1) is 18.1. The van der Waals surface area contributed by atoms with Crippen LogP contribution in [0.3, 0.4) is 0 Å². The number of alkyl halides is 3. The fourth-order valence-electron chi connectivity index (χ4n) is 2.97. The zero-order chi connectivity index (χ0) is 20.1. The molecule has 28 heavy (non-hydrogen) atoms. The van der Waals surface area contributed by atoms with Crippen LogP contribution in [0.1, 0.15) is 36.5 Å². The fourth-order valence-corrected chi connectivity index (χ4v) is 2.97. The van der Waals surface area contributed by atoms with Crippen molar-refractivity contribution in [2.45, 2.75) is 32.0 Å². The lowest BCUT2D eigenvalue weighted by Crippen LogP contribution is -2.27. The van der Waals surface area contributed by atoms with Gasteiger partial charge in [-0.05, 0) is 31.5 Å². The molecule has 0 spiro atoms. The lowest BCUT2D eigenvalue weighted by Gasteiger charge is -2.22. The Morgan fingerprint density at radius 3 is 2.57 bits per heavy atom. The molecule has 3 aromatic rings. The Kier molecular flexibility index (Phi) is 4.12. The van der Waals surface area contributed by atoms with Crippen molar-refractivity contribution < 1.29 is 31.4 Å². The van der Waals surface area contributed by atoms with Gasteiger partial charge >= 0.3 is 12.1 Å². The van der Waals surface area contributed by atoms with Crippen LogP contribution in [0.5, 0.6) is 0 Å². The van der Waals surface area contributed by atoms with Gasteiger partial charge in [0.1, 0.15) is 11.9 Å². The molecule has 2 aromatic heterocycles. The van der Waals surface area contributed by atoms with E-state index in [1.165, 1.54) is 17.0 Å². The standard InChI is InChI=1S/C16H11F4N5O3/c1-7-21-14(27-23-7)11-4-5-12(26)25(11)8-2-3-9(10(17)6-8)13-22-15(28-24-13)16(18,19)20/h2-3,6,11H,4-5H2,1H3/t11-/m0/s1. The van der Waals surface area contributed by atoms with E-state index < -0.39 is 29.8 Å². The summed E-state index contributed by atoms with van der Waals surface area (Å²) in [5, 5.41) is 6.85. The average molecular weight is 397 g/mol. The topological polar surface area (TPSA) is 98.2 Å². The Balaban J connectivity index is 1.67. The predicted molar refractivity (Wildman–Crippen MR) is 83.2 cm³/mol. The number of benzene rings is 1. The minimum atomic E-state index is -4.83. The predicted octanol–water partition coefficient (Wildman–Crippen LogP) is 3.45. The van der Waals surface area contributed by atoms with Gasteiger partial charge in [0, 0.05) is 12.1 Å². The molecule has 1 aliphatic rings. The van der Waals surface area contributed by atoms with Crippen LogP contribution in [-0.4, -0.2) is 26.2 Å². The molecular formula is C16H11F4N5O3. The van der Waals surface area contributed by atoms with E-state index in [9.17, 15) is 22.4 Å². The van der Waals surface area contributed by atoms with E-state index in [2.05, 4.69) is 24.8 Å². The molecule has 146 valence electrons. The summed E-state index contributed by atoms with van der Waals surface area (Å²) in [5.41, 5.74) is -0.0935. The Bertz CT molecular complexity index is 1050. The number of hydrogen-bond donors (Lipinski definition) is 0. The first-order valence-electron chi connectivity index (χ1n) is 8.07. The van der Waals surface area contributed by atoms with Crippen LogP contribution in [-0.2, 0) is 11.0 Å². The lowest BCUT2D eigenvalue weighted by atomic mass is 10.1. The smallest absolute Gasteiger partial charge is 0.337 e. The van der Waals surface area contributed by atoms with Gasteiger partial charge in [0.15, 0.2) is 5.82 Å². The molecule has 1 atom stereocenters. The molecule has 8 nitrogen and oxygen atoms in total. The molecule has 1 aliphatic heterocycles. The molecule has 1 fully saturated rings. The van der Waals surface area contributed by atoms with Gasteiger partial charge in [-0.2, -0.15) is 23.1 Å². The third kappa shape index (κ3) is 3.10. The lowest BCUT2D eigenvalue weighted by molar-refractivity contribution is -0.159. The highest BCUT2D eigenvalue weighted by Crippen LogP contribution is 2.38. The molecule has 1 saturated heterocycles. The third-order valence-corrected chi connectivity index (χ3v) is 4.18. The number of aryl methyl sites for hydroxylation is 1. The van der Waals surface area contributed by atoms with Gasteiger partial charge in [-0.25, -0.2) is 4.39 Å². The number of rotatable bonds is 3. The van der Waals surface area contributed by atoms with Gasteiger partial charge in [-0.3, -0.25) is 9.69 Å². The summed E-state index contributed by atoms with van der Waals surface area (Å²) in [6.07, 6.45) is -4.22. The molecule has 4 rings (SSSR count). The summed E-state index contributed by atoms with van der Waals surface area (Å²) in [5.74, 6) is -2.69. The molecule has 3 heterocycles. The number of aromatic nitrogens is 4. The van der Waals surface area contributed by atoms with Gasteiger partial charge in [-0.15, -0.1) is 0 Å². The van der Waals surface area contributed by atoms with E-state index in [1.54, 1.807) is 6.92 Å². The van der Waals surface area contributed by atoms with E-state index in [0.717, 1.165) is 6.07 Å². The van der Waals surface area contributed by atoms with Crippen molar-refractivity contribution in [3.8, 4) is 11.4 Å². The highest BCUT2D eigenvalue weighted by atomic mass is 19.4. The van der Waals surface area contributed by atoms with Crippen LogP contribution >= 0.6 is 0 Å². The Labute approximate surface area is 154 Å². The number of carbonyl (C=O) groups is 1. The quantitative estimate of drug-likeness (QED) is 0.624. The average Bonchev–Trinajstić information content (AvgIpc) is 3.33. The van der Waals surface area contributed by atoms with Crippen LogP contribution in [0.4, 0.5) is 23.2 Å². The van der Waals surface area contributed by atoms with Crippen LogP contribution in [0.2, 0.25) is 0 Å². The summed E-state index contributed by atoms with van der Waals surface area (Å²) in [6.45, 7) is 1.63. The van der Waals surface area contributed by atoms with Gasteiger partial charge < -0.3 is 9.05 Å². The number of hydrogen-bond acceptors (Lipinski definition) is 7. The fraction of sp³-hybridized carbons (Fsp3) is 0.312. The van der Waals surface area contributed by atoms with Crippen LogP contribution in [0.25, 0.3) is 11.4 Å². The summed E-state index contributed by atoms with van der Waals surface area (Å²) in [4.78, 5) is 20.9. The number of amides is 1. The van der Waals surface area contributed by atoms with E-state index in [0.29, 0.717) is 12.2 Å². The highest BCUT2D eigenvalue weighted by molar-refractivity contribution is 5.96. The Morgan fingerprint density at radius 2 is 1.96 bits per heavy atom. The third-order valence-electron chi connectivity index (χ3n) is 4.18. The van der Waals surface area contributed by atoms with Crippen LogP contribution in [0.15, 0.2) is 27.2 Å². The van der Waals surface area contributed by atoms with Gasteiger partial charge in [0.2, 0.25) is 17.6 Å². The van der Waals surface area contributed by atoms with E-state index in [4.69, 9.17) is 4.52 Å². The van der Waals surface area contributed by atoms with Crippen molar-refractivity contribution >= 4 is 11.6 Å². The molecule has 0 bridgehead atoms. The van der Waals surface area contributed by atoms with Crippen molar-refractivity contribution in [2.75, 3.05) is 4.90 Å². The molecular weight excluding hydrogens is 386 g/mol. The van der Waals surface area contributed by atoms with Gasteiger partial charge in [-0.1, -0.05) is 10.3 Å². The summed E-state index contributed by atoms with van der Waals surface area (Å²) >= 11 is 0. The first-order valence-corrected chi connectivity index (χ1v) is 8.07.